The summed E-state index contributed by atoms with van der Waals surface area (Å²) in [5.41, 5.74) is 3.41. The van der Waals surface area contributed by atoms with Gasteiger partial charge >= 0.3 is 0 Å². The minimum atomic E-state index is 0.788. The van der Waals surface area contributed by atoms with E-state index in [1.54, 1.807) is 6.20 Å². The van der Waals surface area contributed by atoms with Gasteiger partial charge in [0.1, 0.15) is 16.5 Å². The summed E-state index contributed by atoms with van der Waals surface area (Å²) in [6, 6.07) is 20.4. The average molecular weight is 431 g/mol. The van der Waals surface area contributed by atoms with Crippen molar-refractivity contribution in [3.05, 3.63) is 78.4 Å². The van der Waals surface area contributed by atoms with Crippen molar-refractivity contribution in [2.45, 2.75) is 0 Å². The molecule has 4 heterocycles. The molecule has 0 spiro atoms. The van der Waals surface area contributed by atoms with Crippen LogP contribution in [0.2, 0.25) is 0 Å². The molecule has 0 radical (unpaired) electrons. The van der Waals surface area contributed by atoms with Gasteiger partial charge in [-0.1, -0.05) is 12.1 Å². The van der Waals surface area contributed by atoms with Gasteiger partial charge in [0, 0.05) is 42.0 Å². The van der Waals surface area contributed by atoms with E-state index in [2.05, 4.69) is 51.6 Å². The van der Waals surface area contributed by atoms with Crippen molar-refractivity contribution in [1.29, 1.82) is 0 Å². The van der Waals surface area contributed by atoms with Crippen LogP contribution in [0.5, 0.6) is 11.5 Å². The summed E-state index contributed by atoms with van der Waals surface area (Å²) in [6.07, 6.45) is 3.70. The van der Waals surface area contributed by atoms with E-state index in [0.29, 0.717) is 0 Å². The third-order valence-electron chi connectivity index (χ3n) is 5.18. The fourth-order valence-corrected chi connectivity index (χ4v) is 6.14. The fourth-order valence-electron chi connectivity index (χ4n) is 3.82. The molecule has 0 atom stereocenters. The Morgan fingerprint density at radius 3 is 2.57 bits per heavy atom. The number of ether oxygens (including phenoxy) is 1. The summed E-state index contributed by atoms with van der Waals surface area (Å²) >= 11 is 3.67. The molecule has 148 valence electrons. The topological polar surface area (TPSA) is 33.5 Å². The Morgan fingerprint density at radius 2 is 1.77 bits per heavy atom. The molecule has 0 saturated heterocycles. The SMILES string of the molecule is CN1CN(c2cccc(Oc3cccc(-n4cccn4)c3)c2)c2c1sc1ccsc21. The lowest BCUT2D eigenvalue weighted by molar-refractivity contribution is 0.482. The van der Waals surface area contributed by atoms with Gasteiger partial charge in [-0.2, -0.15) is 5.10 Å². The maximum absolute atomic E-state index is 6.21. The number of nitrogens with zero attached hydrogens (tertiary/aromatic N) is 4. The molecule has 6 rings (SSSR count). The van der Waals surface area contributed by atoms with Crippen molar-refractivity contribution in [3.8, 4) is 17.2 Å². The number of hydrogen-bond acceptors (Lipinski definition) is 6. The second kappa shape index (κ2) is 6.90. The summed E-state index contributed by atoms with van der Waals surface area (Å²) in [7, 11) is 2.15. The Morgan fingerprint density at radius 1 is 0.967 bits per heavy atom. The van der Waals surface area contributed by atoms with Gasteiger partial charge in [0.2, 0.25) is 0 Å². The molecule has 0 unspecified atom stereocenters. The molecule has 7 heteroatoms. The average Bonchev–Trinajstić information content (AvgIpc) is 3.53. The molecule has 0 bridgehead atoms. The zero-order valence-electron chi connectivity index (χ0n) is 16.2. The van der Waals surface area contributed by atoms with Crippen molar-refractivity contribution in [2.75, 3.05) is 23.5 Å². The van der Waals surface area contributed by atoms with E-state index in [1.165, 1.54) is 20.1 Å². The largest absolute Gasteiger partial charge is 0.457 e. The standard InChI is InChI=1S/C23H18N4OS2/c1-25-15-26(21-22-20(9-12-29-22)30-23(21)25)16-5-2-7-18(13-16)28-19-8-3-6-17(14-19)27-11-4-10-24-27/h2-14H,15H2,1H3. The lowest BCUT2D eigenvalue weighted by atomic mass is 10.2. The molecule has 3 aromatic heterocycles. The molecule has 5 nitrogen and oxygen atoms in total. The van der Waals surface area contributed by atoms with Crippen LogP contribution in [0.4, 0.5) is 16.4 Å². The maximum Gasteiger partial charge on any atom is 0.129 e. The second-order valence-corrected chi connectivity index (χ2v) is 9.13. The lowest BCUT2D eigenvalue weighted by Gasteiger charge is -2.20. The van der Waals surface area contributed by atoms with Gasteiger partial charge in [-0.15, -0.1) is 22.7 Å². The fraction of sp³-hybridized carbons (Fsp3) is 0.0870. The monoisotopic (exact) mass is 430 g/mol. The number of aromatic nitrogens is 2. The molecule has 1 aliphatic rings. The number of anilines is 3. The molecule has 0 fully saturated rings. The van der Waals surface area contributed by atoms with Gasteiger partial charge in [0.15, 0.2) is 0 Å². The summed E-state index contributed by atoms with van der Waals surface area (Å²) in [4.78, 5) is 4.69. The third-order valence-corrected chi connectivity index (χ3v) is 7.48. The van der Waals surface area contributed by atoms with Crippen LogP contribution in [-0.2, 0) is 0 Å². The Labute approximate surface area is 182 Å². The van der Waals surface area contributed by atoms with Gasteiger partial charge in [-0.05, 0) is 41.8 Å². The van der Waals surface area contributed by atoms with E-state index in [-0.39, 0.29) is 0 Å². The van der Waals surface area contributed by atoms with Crippen molar-refractivity contribution >= 4 is 48.4 Å². The highest BCUT2D eigenvalue weighted by atomic mass is 32.1. The van der Waals surface area contributed by atoms with Crippen LogP contribution in [-0.4, -0.2) is 23.5 Å². The zero-order valence-corrected chi connectivity index (χ0v) is 17.9. The smallest absolute Gasteiger partial charge is 0.129 e. The van der Waals surface area contributed by atoms with Gasteiger partial charge in [-0.25, -0.2) is 4.68 Å². The quantitative estimate of drug-likeness (QED) is 0.326. The number of thiophene rings is 2. The molecule has 30 heavy (non-hydrogen) atoms. The highest BCUT2D eigenvalue weighted by Crippen LogP contribution is 2.52. The van der Waals surface area contributed by atoms with Crippen LogP contribution in [0.1, 0.15) is 0 Å². The zero-order chi connectivity index (χ0) is 20.1. The number of hydrogen-bond donors (Lipinski definition) is 0. The minimum Gasteiger partial charge on any atom is -0.457 e. The Bertz CT molecular complexity index is 1340. The minimum absolute atomic E-state index is 0.788. The van der Waals surface area contributed by atoms with Gasteiger partial charge in [0.05, 0.1) is 22.7 Å². The maximum atomic E-state index is 6.21. The van der Waals surface area contributed by atoms with Gasteiger partial charge < -0.3 is 14.5 Å². The van der Waals surface area contributed by atoms with Crippen LogP contribution < -0.4 is 14.5 Å². The molecule has 2 aromatic carbocycles. The first-order chi connectivity index (χ1) is 14.8. The normalized spacial score (nSPS) is 13.2. The molecule has 0 saturated carbocycles. The van der Waals surface area contributed by atoms with E-state index in [4.69, 9.17) is 4.74 Å². The van der Waals surface area contributed by atoms with Crippen LogP contribution in [0.15, 0.2) is 78.4 Å². The third kappa shape index (κ3) is 2.86. The summed E-state index contributed by atoms with van der Waals surface area (Å²) in [6.45, 7) is 0.841. The first-order valence-electron chi connectivity index (χ1n) is 9.63. The van der Waals surface area contributed by atoms with Crippen LogP contribution in [0.3, 0.4) is 0 Å². The summed E-state index contributed by atoms with van der Waals surface area (Å²) < 4.78 is 10.7. The van der Waals surface area contributed by atoms with E-state index < -0.39 is 0 Å². The first kappa shape index (κ1) is 17.6. The lowest BCUT2D eigenvalue weighted by Crippen LogP contribution is -2.24. The van der Waals surface area contributed by atoms with E-state index >= 15 is 0 Å². The van der Waals surface area contributed by atoms with Crippen molar-refractivity contribution < 1.29 is 4.74 Å². The Balaban J connectivity index is 1.33. The molecular formula is C23H18N4OS2. The first-order valence-corrected chi connectivity index (χ1v) is 11.3. The van der Waals surface area contributed by atoms with E-state index in [0.717, 1.165) is 29.5 Å². The molecule has 0 aliphatic carbocycles. The summed E-state index contributed by atoms with van der Waals surface area (Å²) in [5.74, 6) is 1.61. The van der Waals surface area contributed by atoms with E-state index in [1.807, 2.05) is 70.0 Å². The molecule has 0 N–H and O–H groups in total. The molecule has 5 aromatic rings. The Kier molecular flexibility index (Phi) is 4.04. The molecule has 0 amide bonds. The van der Waals surface area contributed by atoms with Crippen molar-refractivity contribution in [1.82, 2.24) is 9.78 Å². The number of rotatable bonds is 4. The van der Waals surface area contributed by atoms with Crippen LogP contribution >= 0.6 is 22.7 Å². The van der Waals surface area contributed by atoms with E-state index in [9.17, 15) is 0 Å². The number of benzene rings is 2. The predicted octanol–water partition coefficient (Wildman–Crippen LogP) is 6.49. The highest BCUT2D eigenvalue weighted by molar-refractivity contribution is 7.30. The van der Waals surface area contributed by atoms with Crippen LogP contribution in [0.25, 0.3) is 15.1 Å². The van der Waals surface area contributed by atoms with Crippen LogP contribution in [0, 0.1) is 0 Å². The highest BCUT2D eigenvalue weighted by Gasteiger charge is 2.30. The second-order valence-electron chi connectivity index (χ2n) is 7.18. The van der Waals surface area contributed by atoms with Gasteiger partial charge in [-0.3, -0.25) is 0 Å². The van der Waals surface area contributed by atoms with Gasteiger partial charge in [0.25, 0.3) is 0 Å². The molecular weight excluding hydrogens is 412 g/mol. The summed E-state index contributed by atoms with van der Waals surface area (Å²) in [5, 5.41) is 7.80. The molecule has 1 aliphatic heterocycles. The van der Waals surface area contributed by atoms with Crippen molar-refractivity contribution in [3.63, 3.8) is 0 Å². The predicted molar refractivity (Wildman–Crippen MR) is 125 cm³/mol. The number of fused-ring (bicyclic) bond motifs is 3. The Hall–Kier alpha value is -3.29. The van der Waals surface area contributed by atoms with Crippen molar-refractivity contribution in [2.24, 2.45) is 0 Å².